The van der Waals surface area contributed by atoms with Gasteiger partial charge in [0.1, 0.15) is 0 Å². The second-order valence-electron chi connectivity index (χ2n) is 3.58. The summed E-state index contributed by atoms with van der Waals surface area (Å²) in [6.45, 7) is 2.19. The lowest BCUT2D eigenvalue weighted by molar-refractivity contribution is 0.978. The molecule has 0 nitrogen and oxygen atoms in total. The first-order valence-electron chi connectivity index (χ1n) is 5.17. The van der Waals surface area contributed by atoms with Gasteiger partial charge in [0.15, 0.2) is 0 Å². The summed E-state index contributed by atoms with van der Waals surface area (Å²) < 4.78 is 0. The van der Waals surface area contributed by atoms with Crippen LogP contribution in [0, 0.1) is 5.92 Å². The molecule has 0 heteroatoms. The third-order valence-corrected chi connectivity index (χ3v) is 2.63. The minimum atomic E-state index is 0.464. The van der Waals surface area contributed by atoms with Gasteiger partial charge in [-0.15, -0.1) is 0 Å². The van der Waals surface area contributed by atoms with Gasteiger partial charge in [-0.3, -0.25) is 0 Å². The molecule has 1 aromatic rings. The summed E-state index contributed by atoms with van der Waals surface area (Å²) in [5, 5.41) is 0. The Morgan fingerprint density at radius 3 is 2.21 bits per heavy atom. The molecular formula is C14H15. The van der Waals surface area contributed by atoms with Crippen molar-refractivity contribution in [2.75, 3.05) is 0 Å². The number of rotatable bonds is 2. The van der Waals surface area contributed by atoms with Crippen LogP contribution in [0.25, 0.3) is 0 Å². The van der Waals surface area contributed by atoms with Crippen LogP contribution in [-0.2, 0) is 0 Å². The van der Waals surface area contributed by atoms with E-state index in [0.717, 1.165) is 6.42 Å². The highest BCUT2D eigenvalue weighted by Crippen LogP contribution is 2.26. The Hall–Kier alpha value is -1.30. The monoisotopic (exact) mass is 183 g/mol. The van der Waals surface area contributed by atoms with Gasteiger partial charge < -0.3 is 0 Å². The molecule has 1 aliphatic rings. The predicted octanol–water partition coefficient (Wildman–Crippen LogP) is 3.88. The molecule has 14 heavy (non-hydrogen) atoms. The molecule has 1 aromatic carbocycles. The van der Waals surface area contributed by atoms with Gasteiger partial charge in [-0.2, -0.15) is 0 Å². The van der Waals surface area contributed by atoms with Crippen LogP contribution in [0.3, 0.4) is 0 Å². The van der Waals surface area contributed by atoms with Crippen molar-refractivity contribution in [3.05, 3.63) is 66.1 Å². The lowest BCUT2D eigenvalue weighted by atomic mass is 9.90. The second-order valence-corrected chi connectivity index (χ2v) is 3.58. The normalized spacial score (nSPS) is 17.5. The molecule has 0 N–H and O–H groups in total. The lowest BCUT2D eigenvalue weighted by Crippen LogP contribution is -1.98. The molecule has 0 unspecified atom stereocenters. The van der Waals surface area contributed by atoms with E-state index in [9.17, 15) is 0 Å². The molecule has 0 aliphatic heterocycles. The van der Waals surface area contributed by atoms with E-state index in [0.29, 0.717) is 5.92 Å². The number of benzene rings is 1. The Morgan fingerprint density at radius 2 is 1.64 bits per heavy atom. The van der Waals surface area contributed by atoms with Crippen molar-refractivity contribution in [2.45, 2.75) is 19.3 Å². The first-order chi connectivity index (χ1) is 6.90. The fourth-order valence-electron chi connectivity index (χ4n) is 1.71. The van der Waals surface area contributed by atoms with Crippen LogP contribution in [0.1, 0.15) is 24.8 Å². The van der Waals surface area contributed by atoms with E-state index in [2.05, 4.69) is 61.6 Å². The molecule has 0 aromatic heterocycles. The molecule has 71 valence electrons. The minimum absolute atomic E-state index is 0.464. The number of hydrogen-bond acceptors (Lipinski definition) is 0. The summed E-state index contributed by atoms with van der Waals surface area (Å²) in [5.41, 5.74) is 1.37. The van der Waals surface area contributed by atoms with Crippen molar-refractivity contribution in [1.29, 1.82) is 0 Å². The highest BCUT2D eigenvalue weighted by atomic mass is 14.1. The SMILES string of the molecule is CC[C]1C=CC(c2ccccc2)C=C1. The van der Waals surface area contributed by atoms with Crippen LogP contribution in [0.5, 0.6) is 0 Å². The summed E-state index contributed by atoms with van der Waals surface area (Å²) in [5.74, 6) is 1.88. The van der Waals surface area contributed by atoms with E-state index in [1.165, 1.54) is 11.5 Å². The van der Waals surface area contributed by atoms with Crippen molar-refractivity contribution in [3.8, 4) is 0 Å². The largest absolute Gasteiger partial charge is 0.0765 e. The Balaban J connectivity index is 2.13. The molecule has 1 radical (unpaired) electrons. The zero-order chi connectivity index (χ0) is 9.80. The van der Waals surface area contributed by atoms with Gasteiger partial charge in [-0.1, -0.05) is 61.6 Å². The summed E-state index contributed by atoms with van der Waals surface area (Å²) in [4.78, 5) is 0. The van der Waals surface area contributed by atoms with E-state index in [1.807, 2.05) is 0 Å². The van der Waals surface area contributed by atoms with Gasteiger partial charge in [0.25, 0.3) is 0 Å². The fraction of sp³-hybridized carbons (Fsp3) is 0.214. The zero-order valence-corrected chi connectivity index (χ0v) is 8.48. The fourth-order valence-corrected chi connectivity index (χ4v) is 1.71. The summed E-state index contributed by atoms with van der Waals surface area (Å²) in [7, 11) is 0. The number of allylic oxidation sites excluding steroid dienone is 4. The third-order valence-electron chi connectivity index (χ3n) is 2.63. The molecule has 1 aliphatic carbocycles. The Kier molecular flexibility index (Phi) is 2.83. The molecule has 2 rings (SSSR count). The topological polar surface area (TPSA) is 0 Å². The molecule has 0 fully saturated rings. The zero-order valence-electron chi connectivity index (χ0n) is 8.48. The van der Waals surface area contributed by atoms with Crippen LogP contribution in [0.4, 0.5) is 0 Å². The summed E-state index contributed by atoms with van der Waals surface area (Å²) in [6.07, 6.45) is 10.1. The van der Waals surface area contributed by atoms with Crippen molar-refractivity contribution >= 4 is 0 Å². The maximum Gasteiger partial charge on any atom is 0.0199 e. The molecule has 0 spiro atoms. The molecule has 0 heterocycles. The maximum absolute atomic E-state index is 2.27. The van der Waals surface area contributed by atoms with Crippen molar-refractivity contribution in [1.82, 2.24) is 0 Å². The van der Waals surface area contributed by atoms with Crippen molar-refractivity contribution in [2.24, 2.45) is 0 Å². The first-order valence-corrected chi connectivity index (χ1v) is 5.17. The van der Waals surface area contributed by atoms with Gasteiger partial charge >= 0.3 is 0 Å². The van der Waals surface area contributed by atoms with Crippen molar-refractivity contribution < 1.29 is 0 Å². The molecule has 0 bridgehead atoms. The molecule has 0 saturated carbocycles. The average Bonchev–Trinajstić information content (AvgIpc) is 2.30. The van der Waals surface area contributed by atoms with Gasteiger partial charge in [0.05, 0.1) is 0 Å². The highest BCUT2D eigenvalue weighted by Gasteiger charge is 2.09. The van der Waals surface area contributed by atoms with Crippen LogP contribution >= 0.6 is 0 Å². The molecule has 0 amide bonds. The Labute approximate surface area is 86.0 Å². The van der Waals surface area contributed by atoms with Crippen LogP contribution in [-0.4, -0.2) is 0 Å². The van der Waals surface area contributed by atoms with Crippen LogP contribution in [0.15, 0.2) is 54.6 Å². The van der Waals surface area contributed by atoms with Crippen molar-refractivity contribution in [3.63, 3.8) is 0 Å². The molecule has 0 atom stereocenters. The second kappa shape index (κ2) is 4.28. The van der Waals surface area contributed by atoms with Gasteiger partial charge in [-0.05, 0) is 12.0 Å². The van der Waals surface area contributed by atoms with Gasteiger partial charge in [0, 0.05) is 11.8 Å². The predicted molar refractivity (Wildman–Crippen MR) is 61.0 cm³/mol. The van der Waals surface area contributed by atoms with Crippen LogP contribution < -0.4 is 0 Å². The highest BCUT2D eigenvalue weighted by molar-refractivity contribution is 5.37. The van der Waals surface area contributed by atoms with Gasteiger partial charge in [-0.25, -0.2) is 0 Å². The first kappa shape index (κ1) is 9.26. The standard InChI is InChI=1S/C14H15/c1-2-12-8-10-14(11-9-12)13-6-4-3-5-7-13/h3-11,14H,2H2,1H3. The van der Waals surface area contributed by atoms with E-state index < -0.39 is 0 Å². The summed E-state index contributed by atoms with van der Waals surface area (Å²) in [6, 6.07) is 10.6. The lowest BCUT2D eigenvalue weighted by Gasteiger charge is -2.15. The molecular weight excluding hydrogens is 168 g/mol. The Bertz CT molecular complexity index is 318. The van der Waals surface area contributed by atoms with E-state index in [4.69, 9.17) is 0 Å². The quantitative estimate of drug-likeness (QED) is 0.652. The van der Waals surface area contributed by atoms with E-state index >= 15 is 0 Å². The average molecular weight is 183 g/mol. The smallest absolute Gasteiger partial charge is 0.0199 e. The minimum Gasteiger partial charge on any atom is -0.0765 e. The van der Waals surface area contributed by atoms with E-state index in [-0.39, 0.29) is 0 Å². The molecule has 0 saturated heterocycles. The maximum atomic E-state index is 2.27. The Morgan fingerprint density at radius 1 is 1.00 bits per heavy atom. The third kappa shape index (κ3) is 1.95. The number of hydrogen-bond donors (Lipinski definition) is 0. The van der Waals surface area contributed by atoms with Gasteiger partial charge in [0.2, 0.25) is 0 Å². The summed E-state index contributed by atoms with van der Waals surface area (Å²) >= 11 is 0. The van der Waals surface area contributed by atoms with Crippen LogP contribution in [0.2, 0.25) is 0 Å². The van der Waals surface area contributed by atoms with E-state index in [1.54, 1.807) is 0 Å².